The van der Waals surface area contributed by atoms with Crippen molar-refractivity contribution in [2.75, 3.05) is 0 Å². The van der Waals surface area contributed by atoms with E-state index >= 15 is 0 Å². The lowest BCUT2D eigenvalue weighted by molar-refractivity contribution is -0.285. The lowest BCUT2D eigenvalue weighted by Gasteiger charge is -2.46. The highest BCUT2D eigenvalue weighted by Gasteiger charge is 2.65. The summed E-state index contributed by atoms with van der Waals surface area (Å²) in [6, 6.07) is 14.5. The normalized spacial score (nSPS) is 25.9. The SMILES string of the molecule is O=C(c1ccccc1)[C@@H]1[C@@H](c2ccccc2)NC(=S)N[C@@]1(O)C(F)(F)F. The van der Waals surface area contributed by atoms with Crippen molar-refractivity contribution in [2.45, 2.75) is 17.9 Å². The first-order valence-corrected chi connectivity index (χ1v) is 8.17. The number of hydrogen-bond donors (Lipinski definition) is 3. The molecule has 1 aliphatic heterocycles. The molecular formula is C18H15F3N2O2S. The van der Waals surface area contributed by atoms with E-state index in [2.05, 4.69) is 5.32 Å². The fourth-order valence-corrected chi connectivity index (χ4v) is 3.34. The van der Waals surface area contributed by atoms with Gasteiger partial charge in [0.2, 0.25) is 5.72 Å². The summed E-state index contributed by atoms with van der Waals surface area (Å²) in [5, 5.41) is 14.7. The monoisotopic (exact) mass is 380 g/mol. The van der Waals surface area contributed by atoms with Gasteiger partial charge in [-0.3, -0.25) is 4.79 Å². The molecule has 0 bridgehead atoms. The Balaban J connectivity index is 2.15. The number of aliphatic hydroxyl groups is 1. The van der Waals surface area contributed by atoms with E-state index in [-0.39, 0.29) is 10.7 Å². The average molecular weight is 380 g/mol. The second-order valence-corrected chi connectivity index (χ2v) is 6.37. The Morgan fingerprint density at radius 3 is 2.12 bits per heavy atom. The third kappa shape index (κ3) is 3.17. The molecule has 0 spiro atoms. The van der Waals surface area contributed by atoms with Crippen LogP contribution in [0.5, 0.6) is 0 Å². The molecule has 0 aliphatic carbocycles. The van der Waals surface area contributed by atoms with Gasteiger partial charge in [0.15, 0.2) is 10.9 Å². The fourth-order valence-electron chi connectivity index (χ4n) is 3.06. The number of rotatable bonds is 3. The van der Waals surface area contributed by atoms with Crippen molar-refractivity contribution in [1.29, 1.82) is 0 Å². The van der Waals surface area contributed by atoms with Crippen molar-refractivity contribution in [3.05, 3.63) is 71.8 Å². The Morgan fingerprint density at radius 1 is 1.04 bits per heavy atom. The average Bonchev–Trinajstić information content (AvgIpc) is 2.61. The van der Waals surface area contributed by atoms with Crippen molar-refractivity contribution in [3.63, 3.8) is 0 Å². The Kier molecular flexibility index (Phi) is 4.72. The highest BCUT2D eigenvalue weighted by Crippen LogP contribution is 2.43. The standard InChI is InChI=1S/C18H15F3N2O2S/c19-18(20,21)17(25)13(15(24)12-9-5-2-6-10-12)14(22-16(26)23-17)11-7-3-1-4-8-11/h1-10,13-14,25H,(H2,22,23,26)/t13-,14+,17-/m0/s1. The molecule has 3 rings (SSSR count). The van der Waals surface area contributed by atoms with Gasteiger partial charge in [0.1, 0.15) is 5.92 Å². The first-order chi connectivity index (χ1) is 12.2. The Labute approximate surface area is 153 Å². The van der Waals surface area contributed by atoms with E-state index < -0.39 is 29.6 Å². The van der Waals surface area contributed by atoms with Gasteiger partial charge >= 0.3 is 6.18 Å². The van der Waals surface area contributed by atoms with Crippen LogP contribution in [0.1, 0.15) is 22.0 Å². The van der Waals surface area contributed by atoms with Crippen LogP contribution in [0.25, 0.3) is 0 Å². The lowest BCUT2D eigenvalue weighted by atomic mass is 9.77. The van der Waals surface area contributed by atoms with E-state index in [1.165, 1.54) is 12.1 Å². The Hall–Kier alpha value is -2.45. The molecule has 2 aromatic carbocycles. The fraction of sp³-hybridized carbons (Fsp3) is 0.222. The number of carbonyl (C=O) groups excluding carboxylic acids is 1. The van der Waals surface area contributed by atoms with E-state index in [4.69, 9.17) is 12.2 Å². The number of carbonyl (C=O) groups is 1. The molecule has 1 aliphatic rings. The third-order valence-corrected chi connectivity index (χ3v) is 4.53. The van der Waals surface area contributed by atoms with Crippen LogP contribution in [0, 0.1) is 5.92 Å². The summed E-state index contributed by atoms with van der Waals surface area (Å²) in [7, 11) is 0. The van der Waals surface area contributed by atoms with E-state index in [1.54, 1.807) is 48.5 Å². The minimum Gasteiger partial charge on any atom is -0.363 e. The Morgan fingerprint density at radius 2 is 1.58 bits per heavy atom. The number of hydrogen-bond acceptors (Lipinski definition) is 3. The summed E-state index contributed by atoms with van der Waals surface area (Å²) in [5.74, 6) is -2.72. The smallest absolute Gasteiger partial charge is 0.363 e. The third-order valence-electron chi connectivity index (χ3n) is 4.31. The second-order valence-electron chi connectivity index (χ2n) is 5.96. The molecule has 0 unspecified atom stereocenters. The maximum atomic E-state index is 13.8. The number of Topliss-reactive ketones (excluding diaryl/α,β-unsaturated/α-hetero) is 1. The van der Waals surface area contributed by atoms with Gasteiger partial charge in [-0.15, -0.1) is 0 Å². The molecule has 2 aromatic rings. The van der Waals surface area contributed by atoms with Gasteiger partial charge in [-0.25, -0.2) is 0 Å². The summed E-state index contributed by atoms with van der Waals surface area (Å²) < 4.78 is 41.3. The summed E-state index contributed by atoms with van der Waals surface area (Å²) in [6.07, 6.45) is -5.12. The van der Waals surface area contributed by atoms with Crippen molar-refractivity contribution in [2.24, 2.45) is 5.92 Å². The summed E-state index contributed by atoms with van der Waals surface area (Å²) in [6.45, 7) is 0. The largest absolute Gasteiger partial charge is 0.437 e. The van der Waals surface area contributed by atoms with Crippen LogP contribution in [0.15, 0.2) is 60.7 Å². The first-order valence-electron chi connectivity index (χ1n) is 7.76. The number of alkyl halides is 3. The zero-order chi connectivity index (χ0) is 18.9. The topological polar surface area (TPSA) is 61.4 Å². The number of thiocarbonyl (C=S) groups is 1. The number of ketones is 1. The van der Waals surface area contributed by atoms with E-state index in [1.807, 2.05) is 5.32 Å². The molecule has 1 saturated heterocycles. The molecule has 8 heteroatoms. The van der Waals surface area contributed by atoms with Crippen LogP contribution in [0.4, 0.5) is 13.2 Å². The molecule has 4 nitrogen and oxygen atoms in total. The van der Waals surface area contributed by atoms with Gasteiger partial charge < -0.3 is 15.7 Å². The number of halogens is 3. The molecule has 0 saturated carbocycles. The van der Waals surface area contributed by atoms with Gasteiger partial charge in [0, 0.05) is 5.56 Å². The minimum atomic E-state index is -5.12. The molecule has 26 heavy (non-hydrogen) atoms. The van der Waals surface area contributed by atoms with Gasteiger partial charge in [-0.1, -0.05) is 60.7 Å². The summed E-state index contributed by atoms with van der Waals surface area (Å²) in [4.78, 5) is 13.0. The quantitative estimate of drug-likeness (QED) is 0.565. The zero-order valence-electron chi connectivity index (χ0n) is 13.3. The second kappa shape index (κ2) is 6.69. The molecule has 0 radical (unpaired) electrons. The van der Waals surface area contributed by atoms with Gasteiger partial charge in [-0.2, -0.15) is 13.2 Å². The molecule has 1 heterocycles. The predicted molar refractivity (Wildman–Crippen MR) is 93.3 cm³/mol. The molecule has 3 atom stereocenters. The maximum Gasteiger partial charge on any atom is 0.437 e. The van der Waals surface area contributed by atoms with Crippen LogP contribution in [0.2, 0.25) is 0 Å². The predicted octanol–water partition coefficient (Wildman–Crippen LogP) is 2.96. The zero-order valence-corrected chi connectivity index (χ0v) is 14.1. The molecule has 0 aromatic heterocycles. The highest BCUT2D eigenvalue weighted by atomic mass is 32.1. The number of benzene rings is 2. The van der Waals surface area contributed by atoms with Crippen molar-refractivity contribution < 1.29 is 23.1 Å². The highest BCUT2D eigenvalue weighted by molar-refractivity contribution is 7.80. The van der Waals surface area contributed by atoms with Crippen LogP contribution in [0.3, 0.4) is 0 Å². The van der Waals surface area contributed by atoms with Crippen LogP contribution in [-0.4, -0.2) is 27.9 Å². The van der Waals surface area contributed by atoms with Crippen LogP contribution < -0.4 is 10.6 Å². The summed E-state index contributed by atoms with van der Waals surface area (Å²) in [5.41, 5.74) is -3.02. The maximum absolute atomic E-state index is 13.8. The molecular weight excluding hydrogens is 365 g/mol. The van der Waals surface area contributed by atoms with Gasteiger partial charge in [0.25, 0.3) is 0 Å². The first kappa shape index (κ1) is 18.3. The molecule has 3 N–H and O–H groups in total. The molecule has 1 fully saturated rings. The molecule has 136 valence electrons. The van der Waals surface area contributed by atoms with Crippen molar-refractivity contribution in [1.82, 2.24) is 10.6 Å². The van der Waals surface area contributed by atoms with E-state index in [9.17, 15) is 23.1 Å². The van der Waals surface area contributed by atoms with Crippen LogP contribution >= 0.6 is 12.2 Å². The van der Waals surface area contributed by atoms with E-state index in [0.29, 0.717) is 5.56 Å². The number of nitrogens with one attached hydrogen (secondary N) is 2. The van der Waals surface area contributed by atoms with Crippen molar-refractivity contribution in [3.8, 4) is 0 Å². The summed E-state index contributed by atoms with van der Waals surface area (Å²) >= 11 is 4.86. The lowest BCUT2D eigenvalue weighted by Crippen LogP contribution is -2.72. The van der Waals surface area contributed by atoms with Gasteiger partial charge in [-0.05, 0) is 17.8 Å². The van der Waals surface area contributed by atoms with Crippen LogP contribution in [-0.2, 0) is 0 Å². The van der Waals surface area contributed by atoms with E-state index in [0.717, 1.165) is 0 Å². The van der Waals surface area contributed by atoms with Gasteiger partial charge in [0.05, 0.1) is 6.04 Å². The molecule has 0 amide bonds. The minimum absolute atomic E-state index is 0.0672. The van der Waals surface area contributed by atoms with Crippen molar-refractivity contribution >= 4 is 23.1 Å². The Bertz CT molecular complexity index is 814.